The van der Waals surface area contributed by atoms with Crippen LogP contribution >= 0.6 is 11.6 Å². The van der Waals surface area contributed by atoms with Gasteiger partial charge in [-0.05, 0) is 44.0 Å². The number of hydrogen-bond acceptors (Lipinski definition) is 3. The van der Waals surface area contributed by atoms with Crippen molar-refractivity contribution in [1.29, 1.82) is 0 Å². The molecule has 1 fully saturated rings. The number of ether oxygens (including phenoxy) is 1. The van der Waals surface area contributed by atoms with Gasteiger partial charge in [-0.3, -0.25) is 0 Å². The van der Waals surface area contributed by atoms with E-state index >= 15 is 0 Å². The van der Waals surface area contributed by atoms with Crippen LogP contribution in [0.2, 0.25) is 5.02 Å². The lowest BCUT2D eigenvalue weighted by atomic mass is 9.97. The minimum absolute atomic E-state index is 0.725. The second-order valence-corrected chi connectivity index (χ2v) is 5.48. The van der Waals surface area contributed by atoms with Crippen LogP contribution in [-0.2, 0) is 0 Å². The highest BCUT2D eigenvalue weighted by molar-refractivity contribution is 6.32. The van der Waals surface area contributed by atoms with Gasteiger partial charge in [0, 0.05) is 6.54 Å². The van der Waals surface area contributed by atoms with Gasteiger partial charge in [0.05, 0.1) is 17.3 Å². The lowest BCUT2D eigenvalue weighted by Crippen LogP contribution is -2.40. The molecule has 0 atom stereocenters. The molecule has 3 nitrogen and oxygen atoms in total. The van der Waals surface area contributed by atoms with Crippen molar-refractivity contribution in [3.8, 4) is 5.75 Å². The Bertz CT molecular complexity index is 418. The quantitative estimate of drug-likeness (QED) is 0.890. The van der Waals surface area contributed by atoms with Crippen molar-refractivity contribution in [2.45, 2.75) is 12.8 Å². The second kappa shape index (κ2) is 5.37. The number of rotatable bonds is 2. The summed E-state index contributed by atoms with van der Waals surface area (Å²) in [4.78, 5) is 2.43. The van der Waals surface area contributed by atoms with Crippen LogP contribution in [0, 0.1) is 5.92 Å². The van der Waals surface area contributed by atoms with Gasteiger partial charge in [0.1, 0.15) is 6.61 Å². The molecule has 3 rings (SSSR count). The molecule has 0 bridgehead atoms. The van der Waals surface area contributed by atoms with Gasteiger partial charge < -0.3 is 15.0 Å². The van der Waals surface area contributed by atoms with Crippen molar-refractivity contribution in [2.75, 3.05) is 37.7 Å². The van der Waals surface area contributed by atoms with Crippen LogP contribution in [0.5, 0.6) is 5.75 Å². The smallest absolute Gasteiger partial charge is 0.161 e. The van der Waals surface area contributed by atoms with E-state index in [1.165, 1.54) is 12.8 Å². The van der Waals surface area contributed by atoms with Crippen LogP contribution < -0.4 is 15.0 Å². The number of fused-ring (bicyclic) bond motifs is 1. The molecule has 0 spiro atoms. The van der Waals surface area contributed by atoms with E-state index in [1.807, 2.05) is 12.1 Å². The third-order valence-corrected chi connectivity index (χ3v) is 4.13. The Labute approximate surface area is 113 Å². The zero-order valence-corrected chi connectivity index (χ0v) is 11.2. The molecular weight excluding hydrogens is 248 g/mol. The first-order chi connectivity index (χ1) is 8.84. The third kappa shape index (κ3) is 2.43. The molecule has 1 saturated heterocycles. The van der Waals surface area contributed by atoms with Crippen molar-refractivity contribution in [1.82, 2.24) is 5.32 Å². The molecule has 1 aromatic carbocycles. The highest BCUT2D eigenvalue weighted by Gasteiger charge is 2.23. The second-order valence-electron chi connectivity index (χ2n) is 5.08. The summed E-state index contributed by atoms with van der Waals surface area (Å²) < 4.78 is 5.69. The van der Waals surface area contributed by atoms with Gasteiger partial charge in [-0.25, -0.2) is 0 Å². The molecule has 0 aromatic heterocycles. The van der Waals surface area contributed by atoms with Gasteiger partial charge in [-0.2, -0.15) is 0 Å². The Morgan fingerprint density at radius 3 is 3.00 bits per heavy atom. The first kappa shape index (κ1) is 12.1. The molecule has 0 radical (unpaired) electrons. The SMILES string of the molecule is Clc1cccc2c1OCCN2CC1CCNCC1. The Kier molecular flexibility index (Phi) is 3.62. The van der Waals surface area contributed by atoms with Gasteiger partial charge in [0.15, 0.2) is 5.75 Å². The van der Waals surface area contributed by atoms with E-state index in [0.717, 1.165) is 55.2 Å². The fourth-order valence-corrected chi connectivity index (χ4v) is 3.06. The maximum Gasteiger partial charge on any atom is 0.161 e. The van der Waals surface area contributed by atoms with Crippen molar-refractivity contribution in [2.24, 2.45) is 5.92 Å². The molecule has 4 heteroatoms. The highest BCUT2D eigenvalue weighted by Crippen LogP contribution is 2.38. The van der Waals surface area contributed by atoms with Crippen LogP contribution in [0.4, 0.5) is 5.69 Å². The zero-order chi connectivity index (χ0) is 12.4. The van der Waals surface area contributed by atoms with E-state index in [4.69, 9.17) is 16.3 Å². The molecule has 0 aliphatic carbocycles. The van der Waals surface area contributed by atoms with Crippen LogP contribution in [0.25, 0.3) is 0 Å². The average Bonchev–Trinajstić information content (AvgIpc) is 2.41. The predicted molar refractivity (Wildman–Crippen MR) is 74.8 cm³/mol. The Morgan fingerprint density at radius 2 is 2.17 bits per heavy atom. The Balaban J connectivity index is 1.76. The fourth-order valence-electron chi connectivity index (χ4n) is 2.83. The molecule has 0 amide bonds. The van der Waals surface area contributed by atoms with Crippen LogP contribution in [0.15, 0.2) is 18.2 Å². The molecule has 1 aromatic rings. The third-order valence-electron chi connectivity index (χ3n) is 3.83. The number of para-hydroxylation sites is 1. The molecular formula is C14H19ClN2O. The summed E-state index contributed by atoms with van der Waals surface area (Å²) in [6.07, 6.45) is 2.54. The van der Waals surface area contributed by atoms with Gasteiger partial charge in [-0.15, -0.1) is 0 Å². The van der Waals surface area contributed by atoms with Crippen LogP contribution in [-0.4, -0.2) is 32.8 Å². The maximum atomic E-state index is 6.19. The zero-order valence-electron chi connectivity index (χ0n) is 10.5. The summed E-state index contributed by atoms with van der Waals surface area (Å²) in [6, 6.07) is 6.02. The van der Waals surface area contributed by atoms with Gasteiger partial charge in [0.2, 0.25) is 0 Å². The topological polar surface area (TPSA) is 24.5 Å². The van der Waals surface area contributed by atoms with E-state index in [1.54, 1.807) is 0 Å². The lowest BCUT2D eigenvalue weighted by molar-refractivity contribution is 0.295. The average molecular weight is 267 g/mol. The molecule has 2 aliphatic rings. The van der Waals surface area contributed by atoms with Crippen LogP contribution in [0.3, 0.4) is 0 Å². The number of halogens is 1. The minimum atomic E-state index is 0.725. The van der Waals surface area contributed by atoms with E-state index in [0.29, 0.717) is 0 Å². The van der Waals surface area contributed by atoms with Crippen molar-refractivity contribution >= 4 is 17.3 Å². The van der Waals surface area contributed by atoms with Crippen molar-refractivity contribution < 1.29 is 4.74 Å². The van der Waals surface area contributed by atoms with Crippen molar-refractivity contribution in [3.63, 3.8) is 0 Å². The van der Waals surface area contributed by atoms with Gasteiger partial charge >= 0.3 is 0 Å². The summed E-state index contributed by atoms with van der Waals surface area (Å²) >= 11 is 6.19. The van der Waals surface area contributed by atoms with Crippen molar-refractivity contribution in [3.05, 3.63) is 23.2 Å². The fraction of sp³-hybridized carbons (Fsp3) is 0.571. The van der Waals surface area contributed by atoms with E-state index in [9.17, 15) is 0 Å². The molecule has 0 unspecified atom stereocenters. The monoisotopic (exact) mass is 266 g/mol. The summed E-state index contributed by atoms with van der Waals surface area (Å²) in [5, 5.41) is 4.14. The largest absolute Gasteiger partial charge is 0.488 e. The standard InChI is InChI=1S/C14H19ClN2O/c15-12-2-1-3-13-14(12)18-9-8-17(13)10-11-4-6-16-7-5-11/h1-3,11,16H,4-10H2. The molecule has 98 valence electrons. The summed E-state index contributed by atoms with van der Waals surface area (Å²) in [5.41, 5.74) is 1.16. The molecule has 0 saturated carbocycles. The maximum absolute atomic E-state index is 6.19. The predicted octanol–water partition coefficient (Wildman–Crippen LogP) is 2.54. The molecule has 2 aliphatic heterocycles. The van der Waals surface area contributed by atoms with Gasteiger partial charge in [-0.1, -0.05) is 17.7 Å². The summed E-state index contributed by atoms with van der Waals surface area (Å²) in [7, 11) is 0. The van der Waals surface area contributed by atoms with Gasteiger partial charge in [0.25, 0.3) is 0 Å². The minimum Gasteiger partial charge on any atom is -0.488 e. The number of piperidine rings is 1. The number of benzene rings is 1. The number of hydrogen-bond donors (Lipinski definition) is 1. The Hall–Kier alpha value is -0.930. The summed E-state index contributed by atoms with van der Waals surface area (Å²) in [6.45, 7) is 5.13. The number of nitrogens with zero attached hydrogens (tertiary/aromatic N) is 1. The Morgan fingerprint density at radius 1 is 1.33 bits per heavy atom. The normalized spacial score (nSPS) is 20.4. The van der Waals surface area contributed by atoms with E-state index < -0.39 is 0 Å². The van der Waals surface area contributed by atoms with Crippen LogP contribution in [0.1, 0.15) is 12.8 Å². The van der Waals surface area contributed by atoms with E-state index in [2.05, 4.69) is 16.3 Å². The summed E-state index contributed by atoms with van der Waals surface area (Å²) in [5.74, 6) is 1.65. The molecule has 2 heterocycles. The molecule has 1 N–H and O–H groups in total. The van der Waals surface area contributed by atoms with E-state index in [-0.39, 0.29) is 0 Å². The first-order valence-corrected chi connectivity index (χ1v) is 7.09. The lowest BCUT2D eigenvalue weighted by Gasteiger charge is -2.35. The number of nitrogens with one attached hydrogen (secondary N) is 1. The first-order valence-electron chi connectivity index (χ1n) is 6.71. The number of anilines is 1. The molecule has 18 heavy (non-hydrogen) atoms. The highest BCUT2D eigenvalue weighted by atomic mass is 35.5.